The Morgan fingerprint density at radius 3 is 2.56 bits per heavy atom. The van der Waals surface area contributed by atoms with E-state index in [1.165, 1.54) is 27.7 Å². The highest BCUT2D eigenvalue weighted by atomic mass is 79.9. The Kier molecular flexibility index (Phi) is 5.90. The Bertz CT molecular complexity index is 961. The molecule has 2 aromatic carbocycles. The quantitative estimate of drug-likeness (QED) is 0.585. The molecule has 3 rings (SSSR count). The van der Waals surface area contributed by atoms with Gasteiger partial charge in [0.25, 0.3) is 0 Å². The number of fused-ring (bicyclic) bond motifs is 1. The minimum atomic E-state index is -0.253. The van der Waals surface area contributed by atoms with E-state index in [2.05, 4.69) is 70.7 Å². The van der Waals surface area contributed by atoms with E-state index in [1.54, 1.807) is 7.11 Å². The van der Waals surface area contributed by atoms with Crippen molar-refractivity contribution >= 4 is 32.7 Å². The molecule has 1 heterocycles. The molecule has 2 N–H and O–H groups in total. The minimum Gasteiger partial charge on any atom is -0.497 e. The summed E-state index contributed by atoms with van der Waals surface area (Å²) in [6.07, 6.45) is 1.20. The molecule has 0 aliphatic rings. The second-order valence-electron chi connectivity index (χ2n) is 7.14. The maximum absolute atomic E-state index is 11.3. The normalized spacial score (nSPS) is 12.3. The van der Waals surface area contributed by atoms with Crippen LogP contribution in [0.25, 0.3) is 10.9 Å². The van der Waals surface area contributed by atoms with E-state index in [9.17, 15) is 4.79 Å². The van der Waals surface area contributed by atoms with Crippen LogP contribution in [0.15, 0.2) is 46.9 Å². The maximum atomic E-state index is 11.3. The van der Waals surface area contributed by atoms with E-state index in [-0.39, 0.29) is 11.8 Å². The molecule has 0 bridgehead atoms. The number of nitrogens with two attached hydrogens (primary N) is 1. The summed E-state index contributed by atoms with van der Waals surface area (Å²) in [5, 5.41) is 1.18. The van der Waals surface area contributed by atoms with Gasteiger partial charge >= 0.3 is 0 Å². The number of nitrogens with zero attached hydrogens (tertiary/aromatic N) is 1. The molecule has 1 aromatic heterocycles. The summed E-state index contributed by atoms with van der Waals surface area (Å²) in [4.78, 5) is 11.3. The highest BCUT2D eigenvalue weighted by molar-refractivity contribution is 9.10. The topological polar surface area (TPSA) is 57.2 Å². The summed E-state index contributed by atoms with van der Waals surface area (Å²) in [6.45, 7) is 5.02. The summed E-state index contributed by atoms with van der Waals surface area (Å²) < 4.78 is 8.85. The lowest BCUT2D eigenvalue weighted by Crippen LogP contribution is -2.16. The lowest BCUT2D eigenvalue weighted by atomic mass is 9.96. The molecule has 4 nitrogen and oxygen atoms in total. The van der Waals surface area contributed by atoms with Crippen molar-refractivity contribution in [2.24, 2.45) is 11.7 Å². The van der Waals surface area contributed by atoms with Gasteiger partial charge in [0.2, 0.25) is 5.91 Å². The van der Waals surface area contributed by atoms with Crippen LogP contribution in [0.2, 0.25) is 0 Å². The number of rotatable bonds is 7. The molecule has 1 atom stereocenters. The van der Waals surface area contributed by atoms with E-state index in [1.807, 2.05) is 6.07 Å². The number of primary amides is 1. The van der Waals surface area contributed by atoms with Crippen molar-refractivity contribution in [3.8, 4) is 5.75 Å². The fourth-order valence-electron chi connectivity index (χ4n) is 3.66. The smallest absolute Gasteiger partial charge is 0.217 e. The first-order valence-corrected chi connectivity index (χ1v) is 9.86. The van der Waals surface area contributed by atoms with Crippen LogP contribution in [0.5, 0.6) is 5.75 Å². The van der Waals surface area contributed by atoms with Gasteiger partial charge in [0.15, 0.2) is 0 Å². The van der Waals surface area contributed by atoms with Crippen molar-refractivity contribution in [3.63, 3.8) is 0 Å². The molecule has 0 fully saturated rings. The zero-order valence-electron chi connectivity index (χ0n) is 16.0. The Morgan fingerprint density at radius 2 is 1.93 bits per heavy atom. The zero-order chi connectivity index (χ0) is 19.6. The van der Waals surface area contributed by atoms with Crippen molar-refractivity contribution in [2.75, 3.05) is 7.11 Å². The fraction of sp³-hybridized carbons (Fsp3) is 0.318. The predicted octanol–water partition coefficient (Wildman–Crippen LogP) is 4.82. The number of carbonyl (C=O) groups is 1. The molecule has 27 heavy (non-hydrogen) atoms. The van der Waals surface area contributed by atoms with Crippen LogP contribution in [-0.4, -0.2) is 17.6 Å². The molecule has 0 aliphatic heterocycles. The van der Waals surface area contributed by atoms with Gasteiger partial charge < -0.3 is 15.0 Å². The molecule has 142 valence electrons. The monoisotopic (exact) mass is 428 g/mol. The first kappa shape index (κ1) is 19.5. The highest BCUT2D eigenvalue weighted by Crippen LogP contribution is 2.32. The van der Waals surface area contributed by atoms with Crippen LogP contribution in [-0.2, 0) is 17.8 Å². The molecule has 1 amide bonds. The van der Waals surface area contributed by atoms with Crippen LogP contribution in [0, 0.1) is 12.8 Å². The minimum absolute atomic E-state index is 0.194. The maximum Gasteiger partial charge on any atom is 0.217 e. The van der Waals surface area contributed by atoms with E-state index in [4.69, 9.17) is 10.5 Å². The number of aromatic nitrogens is 1. The second kappa shape index (κ2) is 8.17. The predicted molar refractivity (Wildman–Crippen MR) is 113 cm³/mol. The average molecular weight is 429 g/mol. The van der Waals surface area contributed by atoms with Gasteiger partial charge in [-0.1, -0.05) is 35.0 Å². The van der Waals surface area contributed by atoms with E-state index >= 15 is 0 Å². The van der Waals surface area contributed by atoms with Gasteiger partial charge in [-0.15, -0.1) is 0 Å². The van der Waals surface area contributed by atoms with E-state index in [0.717, 1.165) is 23.2 Å². The third-order valence-electron chi connectivity index (χ3n) is 5.02. The number of benzene rings is 2. The van der Waals surface area contributed by atoms with Crippen molar-refractivity contribution in [3.05, 3.63) is 63.8 Å². The lowest BCUT2D eigenvalue weighted by molar-refractivity contribution is -0.118. The molecular weight excluding hydrogens is 404 g/mol. The van der Waals surface area contributed by atoms with Crippen LogP contribution in [0.4, 0.5) is 0 Å². The van der Waals surface area contributed by atoms with E-state index < -0.39 is 0 Å². The van der Waals surface area contributed by atoms with Gasteiger partial charge in [-0.25, -0.2) is 0 Å². The van der Waals surface area contributed by atoms with Gasteiger partial charge in [0, 0.05) is 34.0 Å². The highest BCUT2D eigenvalue weighted by Gasteiger charge is 2.18. The van der Waals surface area contributed by atoms with Crippen molar-refractivity contribution in [2.45, 2.75) is 33.2 Å². The van der Waals surface area contributed by atoms with Gasteiger partial charge in [-0.05, 0) is 60.7 Å². The van der Waals surface area contributed by atoms with Gasteiger partial charge in [-0.2, -0.15) is 0 Å². The lowest BCUT2D eigenvalue weighted by Gasteiger charge is -2.11. The average Bonchev–Trinajstić information content (AvgIpc) is 2.88. The van der Waals surface area contributed by atoms with Crippen molar-refractivity contribution in [1.29, 1.82) is 0 Å². The summed E-state index contributed by atoms with van der Waals surface area (Å²) in [5.74, 6) is 0.780. The fourth-order valence-corrected chi connectivity index (χ4v) is 3.92. The number of methoxy groups -OCH3 is 1. The van der Waals surface area contributed by atoms with Crippen molar-refractivity contribution in [1.82, 2.24) is 4.57 Å². The first-order valence-electron chi connectivity index (χ1n) is 9.07. The summed E-state index contributed by atoms with van der Waals surface area (Å²) in [6, 6.07) is 14.6. The molecule has 0 radical (unpaired) electrons. The molecule has 0 spiro atoms. The Balaban J connectivity index is 2.06. The standard InChI is InChI=1S/C22H25BrN2O2/c1-14(11-22(24)26)10-19-15(2)25(13-16-4-6-17(23)7-5-16)21-9-8-18(27-3)12-20(19)21/h4-9,12,14H,10-11,13H2,1-3H3,(H2,24,26). The van der Waals surface area contributed by atoms with Crippen LogP contribution < -0.4 is 10.5 Å². The SMILES string of the molecule is COc1ccc2c(c1)c(CC(C)CC(N)=O)c(C)n2Cc1ccc(Br)cc1. The molecule has 3 aromatic rings. The molecule has 0 aliphatic carbocycles. The summed E-state index contributed by atoms with van der Waals surface area (Å²) in [7, 11) is 1.68. The Labute approximate surface area is 168 Å². The Hall–Kier alpha value is -2.27. The molecular formula is C22H25BrN2O2. The summed E-state index contributed by atoms with van der Waals surface area (Å²) >= 11 is 3.49. The Morgan fingerprint density at radius 1 is 1.22 bits per heavy atom. The van der Waals surface area contributed by atoms with E-state index in [0.29, 0.717) is 6.42 Å². The van der Waals surface area contributed by atoms with Gasteiger partial charge in [0.05, 0.1) is 7.11 Å². The molecule has 5 heteroatoms. The third-order valence-corrected chi connectivity index (χ3v) is 5.55. The first-order chi connectivity index (χ1) is 12.9. The number of halogens is 1. The van der Waals surface area contributed by atoms with Gasteiger partial charge in [0.1, 0.15) is 5.75 Å². The van der Waals surface area contributed by atoms with Crippen molar-refractivity contribution < 1.29 is 9.53 Å². The largest absolute Gasteiger partial charge is 0.497 e. The number of ether oxygens (including phenoxy) is 1. The number of hydrogen-bond donors (Lipinski definition) is 1. The van der Waals surface area contributed by atoms with Crippen LogP contribution in [0.3, 0.4) is 0 Å². The molecule has 0 saturated carbocycles. The third kappa shape index (κ3) is 4.35. The van der Waals surface area contributed by atoms with Gasteiger partial charge in [-0.3, -0.25) is 4.79 Å². The number of amides is 1. The van der Waals surface area contributed by atoms with Crippen LogP contribution in [0.1, 0.15) is 30.2 Å². The second-order valence-corrected chi connectivity index (χ2v) is 8.06. The number of hydrogen-bond acceptors (Lipinski definition) is 2. The number of carbonyl (C=O) groups excluding carboxylic acids is 1. The molecule has 0 saturated heterocycles. The summed E-state index contributed by atoms with van der Waals surface area (Å²) in [5.41, 5.74) is 10.3. The van der Waals surface area contributed by atoms with Crippen LogP contribution >= 0.6 is 15.9 Å². The molecule has 1 unspecified atom stereocenters. The zero-order valence-corrected chi connectivity index (χ0v) is 17.5.